The summed E-state index contributed by atoms with van der Waals surface area (Å²) in [6.07, 6.45) is 0. The van der Waals surface area contributed by atoms with E-state index in [-0.39, 0.29) is 11.5 Å². The van der Waals surface area contributed by atoms with Crippen LogP contribution < -0.4 is 10.6 Å². The maximum absolute atomic E-state index is 11.2. The maximum atomic E-state index is 11.2. The molecule has 1 aliphatic rings. The molecule has 84 valence electrons. The number of imidazole rings is 1. The molecule has 1 aromatic heterocycles. The lowest BCUT2D eigenvalue weighted by Gasteiger charge is -2.26. The molecule has 1 saturated heterocycles. The van der Waals surface area contributed by atoms with Crippen molar-refractivity contribution in [2.75, 3.05) is 35.2 Å². The second-order valence-corrected chi connectivity index (χ2v) is 6.00. The first kappa shape index (κ1) is 10.3. The number of nitrogens with zero attached hydrogens (tertiary/aromatic N) is 2. The third-order valence-corrected chi connectivity index (χ3v) is 4.08. The largest absolute Gasteiger partial charge is 0.382 e. The Hall–Kier alpha value is -1.24. The standard InChI is InChI=1S/C8H14N4O2S/c1-6-10-7(9)8(11-6)12-2-4-15(13,14)5-3-12/h2-5,9H2,1H3,(H,10,11). The highest BCUT2D eigenvalue weighted by Crippen LogP contribution is 2.21. The fraction of sp³-hybridized carbons (Fsp3) is 0.625. The van der Waals surface area contributed by atoms with Crippen molar-refractivity contribution >= 4 is 21.5 Å². The molecule has 0 aromatic carbocycles. The Bertz CT molecular complexity index is 451. The molecule has 1 aromatic rings. The van der Waals surface area contributed by atoms with Crippen molar-refractivity contribution in [3.8, 4) is 0 Å². The van der Waals surface area contributed by atoms with Crippen molar-refractivity contribution in [3.05, 3.63) is 5.82 Å². The van der Waals surface area contributed by atoms with Gasteiger partial charge in [0.15, 0.2) is 15.7 Å². The van der Waals surface area contributed by atoms with Crippen LogP contribution in [0.15, 0.2) is 0 Å². The molecule has 0 atom stereocenters. The Morgan fingerprint density at radius 1 is 1.40 bits per heavy atom. The number of nitrogens with two attached hydrogens (primary N) is 1. The van der Waals surface area contributed by atoms with E-state index in [9.17, 15) is 8.42 Å². The molecule has 15 heavy (non-hydrogen) atoms. The minimum atomic E-state index is -2.85. The quantitative estimate of drug-likeness (QED) is 0.680. The molecule has 0 unspecified atom stereocenters. The van der Waals surface area contributed by atoms with Gasteiger partial charge < -0.3 is 15.6 Å². The molecular formula is C8H14N4O2S. The van der Waals surface area contributed by atoms with Crippen molar-refractivity contribution in [3.63, 3.8) is 0 Å². The number of H-pyrrole nitrogens is 1. The predicted octanol–water partition coefficient (Wildman–Crippen LogP) is -0.465. The zero-order valence-electron chi connectivity index (χ0n) is 8.52. The Morgan fingerprint density at radius 2 is 2.00 bits per heavy atom. The van der Waals surface area contributed by atoms with E-state index < -0.39 is 9.84 Å². The first-order valence-corrected chi connectivity index (χ1v) is 6.57. The summed E-state index contributed by atoms with van der Waals surface area (Å²) in [5.41, 5.74) is 5.73. The zero-order valence-corrected chi connectivity index (χ0v) is 9.34. The number of aromatic amines is 1. The van der Waals surface area contributed by atoms with Crippen LogP contribution in [0.25, 0.3) is 0 Å². The molecule has 0 radical (unpaired) electrons. The van der Waals surface area contributed by atoms with E-state index in [0.717, 1.165) is 5.82 Å². The normalized spacial score (nSPS) is 20.5. The van der Waals surface area contributed by atoms with Crippen LogP contribution in [0.2, 0.25) is 0 Å². The van der Waals surface area contributed by atoms with Gasteiger partial charge in [-0.25, -0.2) is 13.4 Å². The number of anilines is 2. The fourth-order valence-corrected chi connectivity index (χ4v) is 2.86. The molecule has 0 saturated carbocycles. The van der Waals surface area contributed by atoms with Gasteiger partial charge in [-0.3, -0.25) is 0 Å². The van der Waals surface area contributed by atoms with Crippen molar-refractivity contribution in [1.82, 2.24) is 9.97 Å². The van der Waals surface area contributed by atoms with Crippen LogP contribution >= 0.6 is 0 Å². The van der Waals surface area contributed by atoms with Crippen molar-refractivity contribution < 1.29 is 8.42 Å². The fourth-order valence-electron chi connectivity index (χ4n) is 1.66. The molecule has 2 rings (SSSR count). The van der Waals surface area contributed by atoms with Crippen molar-refractivity contribution in [2.45, 2.75) is 6.92 Å². The number of rotatable bonds is 1. The molecule has 6 nitrogen and oxygen atoms in total. The third-order valence-electron chi connectivity index (χ3n) is 2.47. The molecule has 2 heterocycles. The summed E-state index contributed by atoms with van der Waals surface area (Å²) in [7, 11) is -2.85. The van der Waals surface area contributed by atoms with Gasteiger partial charge in [0.1, 0.15) is 11.6 Å². The molecule has 1 fully saturated rings. The van der Waals surface area contributed by atoms with Gasteiger partial charge in [0.25, 0.3) is 0 Å². The summed E-state index contributed by atoms with van der Waals surface area (Å²) in [5, 5.41) is 0. The van der Waals surface area contributed by atoms with E-state index in [2.05, 4.69) is 9.97 Å². The molecule has 0 amide bonds. The van der Waals surface area contributed by atoms with Crippen LogP contribution in [-0.2, 0) is 9.84 Å². The van der Waals surface area contributed by atoms with Gasteiger partial charge in [-0.15, -0.1) is 0 Å². The van der Waals surface area contributed by atoms with E-state index >= 15 is 0 Å². The first-order valence-electron chi connectivity index (χ1n) is 4.75. The van der Waals surface area contributed by atoms with Gasteiger partial charge >= 0.3 is 0 Å². The van der Waals surface area contributed by atoms with E-state index in [1.165, 1.54) is 0 Å². The SMILES string of the molecule is Cc1nc(N2CCS(=O)(=O)CC2)c(N)[nH]1. The number of nitrogens with one attached hydrogen (secondary N) is 1. The Morgan fingerprint density at radius 3 is 2.47 bits per heavy atom. The summed E-state index contributed by atoms with van der Waals surface area (Å²) < 4.78 is 22.5. The highest BCUT2D eigenvalue weighted by atomic mass is 32.2. The first-order chi connectivity index (χ1) is 6.98. The van der Waals surface area contributed by atoms with E-state index in [4.69, 9.17) is 5.73 Å². The van der Waals surface area contributed by atoms with Crippen LogP contribution in [0.1, 0.15) is 5.82 Å². The van der Waals surface area contributed by atoms with E-state index in [0.29, 0.717) is 24.7 Å². The lowest BCUT2D eigenvalue weighted by atomic mass is 10.4. The molecule has 0 spiro atoms. The van der Waals surface area contributed by atoms with Crippen LogP contribution in [0.3, 0.4) is 0 Å². The van der Waals surface area contributed by atoms with Crippen LogP contribution in [-0.4, -0.2) is 43.0 Å². The van der Waals surface area contributed by atoms with E-state index in [1.54, 1.807) is 0 Å². The zero-order chi connectivity index (χ0) is 11.1. The van der Waals surface area contributed by atoms with Crippen molar-refractivity contribution in [2.24, 2.45) is 0 Å². The molecule has 3 N–H and O–H groups in total. The average Bonchev–Trinajstić information content (AvgIpc) is 2.45. The highest BCUT2D eigenvalue weighted by molar-refractivity contribution is 7.91. The minimum absolute atomic E-state index is 0.179. The van der Waals surface area contributed by atoms with Gasteiger partial charge in [-0.2, -0.15) is 0 Å². The summed E-state index contributed by atoms with van der Waals surface area (Å²) >= 11 is 0. The average molecular weight is 230 g/mol. The van der Waals surface area contributed by atoms with Gasteiger partial charge in [0.2, 0.25) is 0 Å². The van der Waals surface area contributed by atoms with E-state index in [1.807, 2.05) is 11.8 Å². The Balaban J connectivity index is 2.17. The lowest BCUT2D eigenvalue weighted by Crippen LogP contribution is -2.40. The predicted molar refractivity (Wildman–Crippen MR) is 58.6 cm³/mol. The second-order valence-electron chi connectivity index (χ2n) is 3.70. The highest BCUT2D eigenvalue weighted by Gasteiger charge is 2.24. The molecule has 7 heteroatoms. The van der Waals surface area contributed by atoms with Crippen LogP contribution in [0.4, 0.5) is 11.6 Å². The Kier molecular flexibility index (Phi) is 2.34. The smallest absolute Gasteiger partial charge is 0.171 e. The lowest BCUT2D eigenvalue weighted by molar-refractivity contribution is 0.586. The Labute approximate surface area is 88.4 Å². The molecule has 0 aliphatic carbocycles. The summed E-state index contributed by atoms with van der Waals surface area (Å²) in [5.74, 6) is 2.28. The summed E-state index contributed by atoms with van der Waals surface area (Å²) in [6, 6.07) is 0. The van der Waals surface area contributed by atoms with Crippen LogP contribution in [0.5, 0.6) is 0 Å². The minimum Gasteiger partial charge on any atom is -0.382 e. The second kappa shape index (κ2) is 3.41. The number of hydrogen-bond donors (Lipinski definition) is 2. The molecule has 0 bridgehead atoms. The summed E-state index contributed by atoms with van der Waals surface area (Å²) in [6.45, 7) is 2.76. The molecule has 1 aliphatic heterocycles. The van der Waals surface area contributed by atoms with Crippen LogP contribution in [0, 0.1) is 6.92 Å². The summed E-state index contributed by atoms with van der Waals surface area (Å²) in [4.78, 5) is 9.04. The monoisotopic (exact) mass is 230 g/mol. The van der Waals surface area contributed by atoms with Gasteiger partial charge in [0.05, 0.1) is 11.5 Å². The van der Waals surface area contributed by atoms with Crippen molar-refractivity contribution in [1.29, 1.82) is 0 Å². The topological polar surface area (TPSA) is 92.1 Å². The van der Waals surface area contributed by atoms with Gasteiger partial charge in [-0.1, -0.05) is 0 Å². The maximum Gasteiger partial charge on any atom is 0.171 e. The van der Waals surface area contributed by atoms with Gasteiger partial charge in [0, 0.05) is 13.1 Å². The number of aryl methyl sites for hydroxylation is 1. The number of sulfone groups is 1. The molecular weight excluding hydrogens is 216 g/mol. The van der Waals surface area contributed by atoms with Gasteiger partial charge in [-0.05, 0) is 6.92 Å². The number of hydrogen-bond acceptors (Lipinski definition) is 5. The third kappa shape index (κ3) is 2.06. The number of nitrogen functional groups attached to an aromatic ring is 1. The number of aromatic nitrogens is 2.